The Bertz CT molecular complexity index is 268. The van der Waals surface area contributed by atoms with Crippen LogP contribution in [0.5, 0.6) is 0 Å². The molecule has 4 nitrogen and oxygen atoms in total. The summed E-state index contributed by atoms with van der Waals surface area (Å²) in [6.45, 7) is 4.53. The third-order valence-electron chi connectivity index (χ3n) is 1.72. The quantitative estimate of drug-likeness (QED) is 0.537. The van der Waals surface area contributed by atoms with Crippen LogP contribution in [0.4, 0.5) is 0 Å². The molecule has 0 heterocycles. The molecular weight excluding hydrogens is 235 g/mol. The van der Waals surface area contributed by atoms with Crippen LogP contribution in [0.15, 0.2) is 0 Å². The molecule has 0 aromatic heterocycles. The second kappa shape index (κ2) is 6.50. The molecule has 0 N–H and O–H groups in total. The van der Waals surface area contributed by atoms with Gasteiger partial charge >= 0.3 is 6.72 Å². The van der Waals surface area contributed by atoms with Crippen molar-refractivity contribution >= 4 is 18.0 Å². The van der Waals surface area contributed by atoms with Crippen molar-refractivity contribution in [1.82, 2.24) is 5.06 Å². The molecular formula is C9H18ClN2O2P. The Balaban J connectivity index is 4.40. The standard InChI is InChI=1S/C9H18ClN2O2P/c1-8(2)12(9(3)4)14-15(10,13)7-5-6-11/h8-9H,5,7H2,1-4H3. The Labute approximate surface area is 96.4 Å². The zero-order valence-electron chi connectivity index (χ0n) is 9.61. The fraction of sp³-hybridized carbons (Fsp3) is 0.889. The van der Waals surface area contributed by atoms with Gasteiger partial charge in [-0.05, 0) is 38.9 Å². The van der Waals surface area contributed by atoms with Gasteiger partial charge in [0.1, 0.15) is 0 Å². The average Bonchev–Trinajstić information content (AvgIpc) is 2.10. The predicted molar refractivity (Wildman–Crippen MR) is 61.8 cm³/mol. The summed E-state index contributed by atoms with van der Waals surface area (Å²) in [5, 5.41) is 9.99. The molecule has 0 fully saturated rings. The van der Waals surface area contributed by atoms with Crippen molar-refractivity contribution in [2.24, 2.45) is 0 Å². The number of nitriles is 1. The van der Waals surface area contributed by atoms with Gasteiger partial charge in [-0.2, -0.15) is 10.3 Å². The summed E-state index contributed by atoms with van der Waals surface area (Å²) < 4.78 is 17.0. The van der Waals surface area contributed by atoms with E-state index in [0.717, 1.165) is 0 Å². The maximum Gasteiger partial charge on any atom is 0.307 e. The molecule has 1 atom stereocenters. The maximum absolute atomic E-state index is 11.7. The van der Waals surface area contributed by atoms with Crippen LogP contribution in [0.25, 0.3) is 0 Å². The Morgan fingerprint density at radius 3 is 2.20 bits per heavy atom. The molecule has 0 saturated heterocycles. The van der Waals surface area contributed by atoms with Crippen LogP contribution >= 0.6 is 18.0 Å². The molecule has 0 aliphatic carbocycles. The second-order valence-corrected chi connectivity index (χ2v) is 7.19. The van der Waals surface area contributed by atoms with Crippen molar-refractivity contribution in [3.63, 3.8) is 0 Å². The molecule has 0 saturated carbocycles. The lowest BCUT2D eigenvalue weighted by atomic mass is 10.3. The van der Waals surface area contributed by atoms with Gasteiger partial charge in [0.05, 0.1) is 12.2 Å². The van der Waals surface area contributed by atoms with Crippen molar-refractivity contribution < 1.29 is 9.19 Å². The van der Waals surface area contributed by atoms with Gasteiger partial charge in [-0.15, -0.1) is 0 Å². The maximum atomic E-state index is 11.7. The van der Waals surface area contributed by atoms with E-state index in [2.05, 4.69) is 0 Å². The number of nitrogens with zero attached hydrogens (tertiary/aromatic N) is 2. The molecule has 0 aromatic rings. The van der Waals surface area contributed by atoms with Gasteiger partial charge in [-0.1, -0.05) is 0 Å². The molecule has 0 spiro atoms. The topological polar surface area (TPSA) is 53.3 Å². The number of hydroxylamine groups is 2. The predicted octanol–water partition coefficient (Wildman–Crippen LogP) is 3.38. The van der Waals surface area contributed by atoms with Gasteiger partial charge < -0.3 is 0 Å². The van der Waals surface area contributed by atoms with E-state index in [9.17, 15) is 4.57 Å². The first kappa shape index (κ1) is 14.9. The normalized spacial score (nSPS) is 15.7. The van der Waals surface area contributed by atoms with Crippen molar-refractivity contribution in [3.8, 4) is 6.07 Å². The van der Waals surface area contributed by atoms with Crippen LogP contribution in [0.2, 0.25) is 0 Å². The van der Waals surface area contributed by atoms with Crippen LogP contribution in [0, 0.1) is 11.3 Å². The van der Waals surface area contributed by atoms with E-state index in [1.165, 1.54) is 0 Å². The summed E-state index contributed by atoms with van der Waals surface area (Å²) in [5.74, 6) is 0. The first-order chi connectivity index (χ1) is 6.80. The Morgan fingerprint density at radius 1 is 1.40 bits per heavy atom. The van der Waals surface area contributed by atoms with Gasteiger partial charge in [-0.3, -0.25) is 4.57 Å². The molecule has 6 heteroatoms. The fourth-order valence-corrected chi connectivity index (χ4v) is 2.72. The fourth-order valence-electron chi connectivity index (χ4n) is 1.15. The minimum Gasteiger partial charge on any atom is -0.273 e. The minimum absolute atomic E-state index is 0.0843. The van der Waals surface area contributed by atoms with E-state index in [-0.39, 0.29) is 24.7 Å². The van der Waals surface area contributed by atoms with Gasteiger partial charge in [-0.25, -0.2) is 4.62 Å². The molecule has 0 amide bonds. The van der Waals surface area contributed by atoms with E-state index in [0.29, 0.717) is 0 Å². The summed E-state index contributed by atoms with van der Waals surface area (Å²) in [6, 6.07) is 2.09. The molecule has 0 rings (SSSR count). The van der Waals surface area contributed by atoms with Crippen molar-refractivity contribution in [2.45, 2.75) is 46.2 Å². The lowest BCUT2D eigenvalue weighted by molar-refractivity contribution is -0.106. The van der Waals surface area contributed by atoms with Crippen LogP contribution in [0.3, 0.4) is 0 Å². The third kappa shape index (κ3) is 6.17. The SMILES string of the molecule is CC(C)N(OP(=O)(Cl)CCC#N)C(C)C. The highest BCUT2D eigenvalue weighted by Crippen LogP contribution is 2.54. The molecule has 88 valence electrons. The molecule has 0 aromatic carbocycles. The van der Waals surface area contributed by atoms with Gasteiger partial charge in [0, 0.05) is 18.5 Å². The van der Waals surface area contributed by atoms with Gasteiger partial charge in [0.15, 0.2) is 0 Å². The molecule has 0 bridgehead atoms. The summed E-state index contributed by atoms with van der Waals surface area (Å²) in [4.78, 5) is 0. The molecule has 15 heavy (non-hydrogen) atoms. The summed E-state index contributed by atoms with van der Waals surface area (Å²) in [5.41, 5.74) is 0. The smallest absolute Gasteiger partial charge is 0.273 e. The van der Waals surface area contributed by atoms with E-state index in [4.69, 9.17) is 21.1 Å². The Hall–Kier alpha value is -0.0700. The molecule has 0 radical (unpaired) electrons. The van der Waals surface area contributed by atoms with Crippen LogP contribution in [-0.4, -0.2) is 23.3 Å². The zero-order valence-corrected chi connectivity index (χ0v) is 11.3. The number of rotatable bonds is 6. The van der Waals surface area contributed by atoms with Gasteiger partial charge in [0.2, 0.25) is 0 Å². The minimum atomic E-state index is -3.20. The highest BCUT2D eigenvalue weighted by atomic mass is 35.7. The van der Waals surface area contributed by atoms with E-state index < -0.39 is 6.72 Å². The Morgan fingerprint density at radius 2 is 1.87 bits per heavy atom. The van der Waals surface area contributed by atoms with E-state index in [1.807, 2.05) is 33.8 Å². The van der Waals surface area contributed by atoms with Gasteiger partial charge in [0.25, 0.3) is 0 Å². The lowest BCUT2D eigenvalue weighted by Crippen LogP contribution is -2.35. The average molecular weight is 253 g/mol. The van der Waals surface area contributed by atoms with Crippen LogP contribution < -0.4 is 0 Å². The number of hydrogen-bond acceptors (Lipinski definition) is 4. The summed E-state index contributed by atoms with van der Waals surface area (Å²) in [6.07, 6.45) is 0.228. The van der Waals surface area contributed by atoms with Crippen molar-refractivity contribution in [1.29, 1.82) is 5.26 Å². The Kier molecular flexibility index (Phi) is 6.47. The number of hydrogen-bond donors (Lipinski definition) is 0. The highest BCUT2D eigenvalue weighted by Gasteiger charge is 2.26. The number of halogens is 1. The van der Waals surface area contributed by atoms with Crippen LogP contribution in [-0.2, 0) is 9.19 Å². The first-order valence-electron chi connectivity index (χ1n) is 4.94. The van der Waals surface area contributed by atoms with Crippen LogP contribution in [0.1, 0.15) is 34.1 Å². The molecule has 1 unspecified atom stereocenters. The summed E-state index contributed by atoms with van der Waals surface area (Å²) in [7, 11) is 0. The van der Waals surface area contributed by atoms with Crippen molar-refractivity contribution in [3.05, 3.63) is 0 Å². The lowest BCUT2D eigenvalue weighted by Gasteiger charge is -2.30. The van der Waals surface area contributed by atoms with E-state index >= 15 is 0 Å². The molecule has 0 aliphatic rings. The first-order valence-corrected chi connectivity index (χ1v) is 7.65. The van der Waals surface area contributed by atoms with E-state index in [1.54, 1.807) is 5.06 Å². The van der Waals surface area contributed by atoms with Crippen molar-refractivity contribution in [2.75, 3.05) is 6.16 Å². The monoisotopic (exact) mass is 252 g/mol. The largest absolute Gasteiger partial charge is 0.307 e. The third-order valence-corrected chi connectivity index (χ3v) is 3.61. The second-order valence-electron chi connectivity index (χ2n) is 3.85. The molecule has 0 aliphatic heterocycles. The summed E-state index contributed by atoms with van der Waals surface area (Å²) >= 11 is 5.74. The zero-order chi connectivity index (χ0) is 12.1. The highest BCUT2D eigenvalue weighted by molar-refractivity contribution is 7.85.